The number of amides is 1. The van der Waals surface area contributed by atoms with Gasteiger partial charge in [-0.2, -0.15) is 0 Å². The van der Waals surface area contributed by atoms with Gasteiger partial charge in [0.2, 0.25) is 0 Å². The number of esters is 1. The van der Waals surface area contributed by atoms with Crippen LogP contribution in [0.2, 0.25) is 0 Å². The van der Waals surface area contributed by atoms with E-state index in [0.29, 0.717) is 11.3 Å². The standard InChI is InChI=1S/C18H19NO3S/c1-3-13-4-8-15(9-5-13)19-17(20)12-22-18(21)14-6-10-16(23-2)11-7-14/h4-11H,3,12H2,1-2H3,(H,19,20). The second kappa shape index (κ2) is 8.39. The molecule has 2 rings (SSSR count). The fourth-order valence-electron chi connectivity index (χ4n) is 1.96. The topological polar surface area (TPSA) is 55.4 Å². The minimum Gasteiger partial charge on any atom is -0.452 e. The summed E-state index contributed by atoms with van der Waals surface area (Å²) in [6.07, 6.45) is 2.91. The Morgan fingerprint density at radius 1 is 1.04 bits per heavy atom. The van der Waals surface area contributed by atoms with Gasteiger partial charge in [0.1, 0.15) is 0 Å². The third-order valence-electron chi connectivity index (χ3n) is 3.31. The van der Waals surface area contributed by atoms with E-state index in [-0.39, 0.29) is 12.5 Å². The Bertz CT molecular complexity index is 666. The number of benzene rings is 2. The molecule has 0 spiro atoms. The van der Waals surface area contributed by atoms with Gasteiger partial charge in [-0.3, -0.25) is 4.79 Å². The largest absolute Gasteiger partial charge is 0.452 e. The minimum atomic E-state index is -0.505. The summed E-state index contributed by atoms with van der Waals surface area (Å²) in [5.41, 5.74) is 2.32. The summed E-state index contributed by atoms with van der Waals surface area (Å²) in [5.74, 6) is -0.863. The molecule has 1 amide bonds. The molecular weight excluding hydrogens is 310 g/mol. The van der Waals surface area contributed by atoms with Crippen LogP contribution < -0.4 is 5.32 Å². The Labute approximate surface area is 140 Å². The molecule has 0 aliphatic rings. The number of aryl methyl sites for hydroxylation is 1. The maximum Gasteiger partial charge on any atom is 0.338 e. The highest BCUT2D eigenvalue weighted by molar-refractivity contribution is 7.98. The first-order chi connectivity index (χ1) is 11.1. The number of carbonyl (C=O) groups is 2. The van der Waals surface area contributed by atoms with Crippen molar-refractivity contribution in [1.29, 1.82) is 0 Å². The van der Waals surface area contributed by atoms with Gasteiger partial charge in [-0.15, -0.1) is 11.8 Å². The molecular formula is C18H19NO3S. The number of thioether (sulfide) groups is 1. The fourth-order valence-corrected chi connectivity index (χ4v) is 2.37. The van der Waals surface area contributed by atoms with Gasteiger partial charge in [-0.1, -0.05) is 19.1 Å². The Hall–Kier alpha value is -2.27. The highest BCUT2D eigenvalue weighted by Gasteiger charge is 2.10. The fraction of sp³-hybridized carbons (Fsp3) is 0.222. The number of carbonyl (C=O) groups excluding carboxylic acids is 2. The van der Waals surface area contributed by atoms with Crippen molar-refractivity contribution in [3.63, 3.8) is 0 Å². The van der Waals surface area contributed by atoms with Crippen LogP contribution in [0.25, 0.3) is 0 Å². The zero-order chi connectivity index (χ0) is 16.7. The second-order valence-electron chi connectivity index (χ2n) is 4.90. The Kier molecular flexibility index (Phi) is 6.23. The van der Waals surface area contributed by atoms with Crippen LogP contribution in [0.3, 0.4) is 0 Å². The molecule has 120 valence electrons. The number of hydrogen-bond donors (Lipinski definition) is 1. The second-order valence-corrected chi connectivity index (χ2v) is 5.78. The van der Waals surface area contributed by atoms with Crippen LogP contribution in [0.5, 0.6) is 0 Å². The SMILES string of the molecule is CCc1ccc(NC(=O)COC(=O)c2ccc(SC)cc2)cc1. The van der Waals surface area contributed by atoms with E-state index in [2.05, 4.69) is 12.2 Å². The van der Waals surface area contributed by atoms with Gasteiger partial charge in [0.05, 0.1) is 5.56 Å². The molecule has 0 aliphatic heterocycles. The Morgan fingerprint density at radius 2 is 1.70 bits per heavy atom. The monoisotopic (exact) mass is 329 g/mol. The molecule has 0 heterocycles. The predicted octanol–water partition coefficient (Wildman–Crippen LogP) is 3.77. The Morgan fingerprint density at radius 3 is 2.26 bits per heavy atom. The first-order valence-corrected chi connectivity index (χ1v) is 8.55. The van der Waals surface area contributed by atoms with Crippen LogP contribution >= 0.6 is 11.8 Å². The zero-order valence-corrected chi connectivity index (χ0v) is 14.0. The molecule has 1 N–H and O–H groups in total. The average Bonchev–Trinajstić information content (AvgIpc) is 2.60. The highest BCUT2D eigenvalue weighted by Crippen LogP contribution is 2.15. The summed E-state index contributed by atoms with van der Waals surface area (Å²) in [6, 6.07) is 14.6. The molecule has 0 radical (unpaired) electrons. The number of anilines is 1. The Balaban J connectivity index is 1.83. The van der Waals surface area contributed by atoms with Crippen LogP contribution in [0, 0.1) is 0 Å². The first-order valence-electron chi connectivity index (χ1n) is 7.32. The molecule has 5 heteroatoms. The van der Waals surface area contributed by atoms with Gasteiger partial charge in [0.15, 0.2) is 6.61 Å². The van der Waals surface area contributed by atoms with E-state index < -0.39 is 5.97 Å². The van der Waals surface area contributed by atoms with Crippen molar-refractivity contribution in [2.45, 2.75) is 18.2 Å². The van der Waals surface area contributed by atoms with Crippen LogP contribution in [0.4, 0.5) is 5.69 Å². The van der Waals surface area contributed by atoms with Gasteiger partial charge < -0.3 is 10.1 Å². The number of hydrogen-bond acceptors (Lipinski definition) is 4. The van der Waals surface area contributed by atoms with Crippen molar-refractivity contribution < 1.29 is 14.3 Å². The summed E-state index contributed by atoms with van der Waals surface area (Å²) in [6.45, 7) is 1.76. The van der Waals surface area contributed by atoms with Crippen LogP contribution in [0.1, 0.15) is 22.8 Å². The number of nitrogens with one attached hydrogen (secondary N) is 1. The molecule has 0 unspecified atom stereocenters. The van der Waals surface area contributed by atoms with E-state index in [1.54, 1.807) is 23.9 Å². The number of rotatable bonds is 6. The van der Waals surface area contributed by atoms with Gasteiger partial charge in [-0.05, 0) is 54.6 Å². The third kappa shape index (κ3) is 5.14. The van der Waals surface area contributed by atoms with Gasteiger partial charge in [-0.25, -0.2) is 4.79 Å². The van der Waals surface area contributed by atoms with Crippen molar-refractivity contribution in [2.75, 3.05) is 18.2 Å². The average molecular weight is 329 g/mol. The van der Waals surface area contributed by atoms with Gasteiger partial charge in [0.25, 0.3) is 5.91 Å². The van der Waals surface area contributed by atoms with Crippen molar-refractivity contribution >= 4 is 29.3 Å². The van der Waals surface area contributed by atoms with E-state index in [9.17, 15) is 9.59 Å². The smallest absolute Gasteiger partial charge is 0.338 e. The van der Waals surface area contributed by atoms with E-state index in [1.165, 1.54) is 5.56 Å². The van der Waals surface area contributed by atoms with Crippen LogP contribution in [-0.2, 0) is 16.0 Å². The highest BCUT2D eigenvalue weighted by atomic mass is 32.2. The molecule has 0 saturated carbocycles. The van der Waals surface area contributed by atoms with Crippen molar-refractivity contribution in [3.8, 4) is 0 Å². The molecule has 0 aliphatic carbocycles. The molecule has 23 heavy (non-hydrogen) atoms. The lowest BCUT2D eigenvalue weighted by Crippen LogP contribution is -2.20. The maximum atomic E-state index is 11.9. The third-order valence-corrected chi connectivity index (χ3v) is 4.05. The van der Waals surface area contributed by atoms with E-state index in [0.717, 1.165) is 11.3 Å². The lowest BCUT2D eigenvalue weighted by atomic mass is 10.1. The molecule has 2 aromatic rings. The summed E-state index contributed by atoms with van der Waals surface area (Å²) in [4.78, 5) is 24.8. The van der Waals surface area contributed by atoms with E-state index in [1.807, 2.05) is 42.7 Å². The van der Waals surface area contributed by atoms with E-state index >= 15 is 0 Å². The normalized spacial score (nSPS) is 10.2. The summed E-state index contributed by atoms with van der Waals surface area (Å²) in [5, 5.41) is 2.70. The predicted molar refractivity (Wildman–Crippen MR) is 93.0 cm³/mol. The minimum absolute atomic E-state index is 0.307. The van der Waals surface area contributed by atoms with Crippen molar-refractivity contribution in [2.24, 2.45) is 0 Å². The number of ether oxygens (including phenoxy) is 1. The molecule has 2 aromatic carbocycles. The first kappa shape index (κ1) is 17.1. The summed E-state index contributed by atoms with van der Waals surface area (Å²) >= 11 is 1.60. The lowest BCUT2D eigenvalue weighted by Gasteiger charge is -2.07. The van der Waals surface area contributed by atoms with Crippen LogP contribution in [0.15, 0.2) is 53.4 Å². The van der Waals surface area contributed by atoms with Crippen LogP contribution in [-0.4, -0.2) is 24.7 Å². The van der Waals surface area contributed by atoms with Crippen molar-refractivity contribution in [3.05, 3.63) is 59.7 Å². The quantitative estimate of drug-likeness (QED) is 0.647. The van der Waals surface area contributed by atoms with E-state index in [4.69, 9.17) is 4.74 Å². The molecule has 0 bridgehead atoms. The molecule has 0 atom stereocenters. The maximum absolute atomic E-state index is 11.9. The zero-order valence-electron chi connectivity index (χ0n) is 13.2. The summed E-state index contributed by atoms with van der Waals surface area (Å²) < 4.78 is 5.02. The lowest BCUT2D eigenvalue weighted by molar-refractivity contribution is -0.119. The van der Waals surface area contributed by atoms with Gasteiger partial charge in [0, 0.05) is 10.6 Å². The molecule has 4 nitrogen and oxygen atoms in total. The molecule has 0 saturated heterocycles. The van der Waals surface area contributed by atoms with Gasteiger partial charge >= 0.3 is 5.97 Å². The molecule has 0 fully saturated rings. The summed E-state index contributed by atoms with van der Waals surface area (Å²) in [7, 11) is 0. The van der Waals surface area contributed by atoms with Crippen molar-refractivity contribution in [1.82, 2.24) is 0 Å². The molecule has 0 aromatic heterocycles.